The Labute approximate surface area is 118 Å². The van der Waals surface area contributed by atoms with Crippen molar-refractivity contribution in [2.45, 2.75) is 25.9 Å². The van der Waals surface area contributed by atoms with Gasteiger partial charge in [-0.25, -0.2) is 4.39 Å². The SMILES string of the molecule is Cc1ccsc1C(C)(O)Cc1cc(F)ccc1Br. The van der Waals surface area contributed by atoms with Gasteiger partial charge in [-0.15, -0.1) is 11.3 Å². The van der Waals surface area contributed by atoms with Crippen LogP contribution in [0.25, 0.3) is 0 Å². The predicted octanol–water partition coefficient (Wildman–Crippen LogP) is 4.41. The van der Waals surface area contributed by atoms with E-state index in [-0.39, 0.29) is 5.82 Å². The average molecular weight is 329 g/mol. The molecule has 18 heavy (non-hydrogen) atoms. The Bertz CT molecular complexity index is 563. The summed E-state index contributed by atoms with van der Waals surface area (Å²) >= 11 is 4.92. The van der Waals surface area contributed by atoms with Crippen molar-refractivity contribution in [1.82, 2.24) is 0 Å². The van der Waals surface area contributed by atoms with Gasteiger partial charge in [0, 0.05) is 15.8 Å². The summed E-state index contributed by atoms with van der Waals surface area (Å²) in [6, 6.07) is 6.51. The fourth-order valence-electron chi connectivity index (χ4n) is 2.05. The van der Waals surface area contributed by atoms with Crippen LogP contribution < -0.4 is 0 Å². The number of thiophene rings is 1. The Hall–Kier alpha value is -0.710. The van der Waals surface area contributed by atoms with E-state index >= 15 is 0 Å². The average Bonchev–Trinajstić information content (AvgIpc) is 2.70. The molecule has 0 radical (unpaired) electrons. The standard InChI is InChI=1S/C14H14BrFOS/c1-9-5-6-18-13(9)14(2,17)8-10-7-11(16)3-4-12(10)15/h3-7,17H,8H2,1-2H3. The lowest BCUT2D eigenvalue weighted by Gasteiger charge is -2.24. The highest BCUT2D eigenvalue weighted by molar-refractivity contribution is 9.10. The first kappa shape index (κ1) is 13.7. The summed E-state index contributed by atoms with van der Waals surface area (Å²) in [6.45, 7) is 3.74. The molecule has 0 aliphatic rings. The first-order valence-electron chi connectivity index (χ1n) is 5.61. The van der Waals surface area contributed by atoms with Crippen molar-refractivity contribution in [3.05, 3.63) is 55.9 Å². The van der Waals surface area contributed by atoms with Crippen LogP contribution in [0.15, 0.2) is 34.1 Å². The summed E-state index contributed by atoms with van der Waals surface area (Å²) in [4.78, 5) is 0.929. The van der Waals surface area contributed by atoms with Crippen LogP contribution in [-0.2, 0) is 12.0 Å². The number of halogens is 2. The van der Waals surface area contributed by atoms with Crippen LogP contribution in [0.4, 0.5) is 4.39 Å². The van der Waals surface area contributed by atoms with Crippen molar-refractivity contribution in [2.75, 3.05) is 0 Å². The Morgan fingerprint density at radius 3 is 2.72 bits per heavy atom. The second kappa shape index (κ2) is 5.11. The summed E-state index contributed by atoms with van der Waals surface area (Å²) in [7, 11) is 0. The fraction of sp³-hybridized carbons (Fsp3) is 0.286. The molecule has 0 aliphatic heterocycles. The molecule has 2 rings (SSSR count). The minimum absolute atomic E-state index is 0.285. The van der Waals surface area contributed by atoms with Gasteiger partial charge in [-0.05, 0) is 54.6 Å². The van der Waals surface area contributed by atoms with Gasteiger partial charge in [0.2, 0.25) is 0 Å². The van der Waals surface area contributed by atoms with Crippen LogP contribution in [0.5, 0.6) is 0 Å². The normalized spacial score (nSPS) is 14.5. The molecule has 0 saturated heterocycles. The van der Waals surface area contributed by atoms with E-state index in [0.717, 1.165) is 20.5 Å². The van der Waals surface area contributed by atoms with E-state index in [1.807, 2.05) is 18.4 Å². The minimum Gasteiger partial charge on any atom is -0.384 e. The Morgan fingerprint density at radius 2 is 2.11 bits per heavy atom. The highest BCUT2D eigenvalue weighted by Crippen LogP contribution is 2.34. The van der Waals surface area contributed by atoms with E-state index in [9.17, 15) is 9.50 Å². The highest BCUT2D eigenvalue weighted by atomic mass is 79.9. The number of hydrogen-bond donors (Lipinski definition) is 1. The van der Waals surface area contributed by atoms with Crippen molar-refractivity contribution in [2.24, 2.45) is 0 Å². The third kappa shape index (κ3) is 2.82. The maximum absolute atomic E-state index is 13.2. The molecule has 1 heterocycles. The number of aliphatic hydroxyl groups is 1. The van der Waals surface area contributed by atoms with Crippen molar-refractivity contribution in [3.63, 3.8) is 0 Å². The van der Waals surface area contributed by atoms with Gasteiger partial charge < -0.3 is 5.11 Å². The van der Waals surface area contributed by atoms with E-state index in [1.165, 1.54) is 23.5 Å². The molecular formula is C14H14BrFOS. The zero-order chi connectivity index (χ0) is 13.3. The largest absolute Gasteiger partial charge is 0.384 e. The second-order valence-electron chi connectivity index (χ2n) is 4.62. The number of benzene rings is 1. The topological polar surface area (TPSA) is 20.2 Å². The molecule has 1 unspecified atom stereocenters. The van der Waals surface area contributed by atoms with Gasteiger partial charge in [-0.1, -0.05) is 15.9 Å². The number of aryl methyl sites for hydroxylation is 1. The van der Waals surface area contributed by atoms with Gasteiger partial charge in [0.15, 0.2) is 0 Å². The zero-order valence-electron chi connectivity index (χ0n) is 10.2. The van der Waals surface area contributed by atoms with E-state index in [2.05, 4.69) is 15.9 Å². The third-order valence-corrected chi connectivity index (χ3v) is 4.94. The lowest BCUT2D eigenvalue weighted by Crippen LogP contribution is -2.24. The van der Waals surface area contributed by atoms with Gasteiger partial charge in [-0.2, -0.15) is 0 Å². The maximum atomic E-state index is 13.2. The lowest BCUT2D eigenvalue weighted by molar-refractivity contribution is 0.0607. The Balaban J connectivity index is 2.33. The molecule has 1 N–H and O–H groups in total. The third-order valence-electron chi connectivity index (χ3n) is 2.89. The van der Waals surface area contributed by atoms with Crippen LogP contribution in [0.2, 0.25) is 0 Å². The Morgan fingerprint density at radius 1 is 1.39 bits per heavy atom. The Kier molecular flexibility index (Phi) is 3.90. The number of hydrogen-bond acceptors (Lipinski definition) is 2. The molecule has 0 aliphatic carbocycles. The quantitative estimate of drug-likeness (QED) is 0.884. The van der Waals surface area contributed by atoms with Gasteiger partial charge in [-0.3, -0.25) is 0 Å². The summed E-state index contributed by atoms with van der Waals surface area (Å²) in [6.07, 6.45) is 0.382. The molecule has 96 valence electrons. The van der Waals surface area contributed by atoms with Crippen molar-refractivity contribution in [3.8, 4) is 0 Å². The van der Waals surface area contributed by atoms with E-state index in [1.54, 1.807) is 13.0 Å². The fourth-order valence-corrected chi connectivity index (χ4v) is 3.43. The summed E-state index contributed by atoms with van der Waals surface area (Å²) in [5, 5.41) is 12.5. The lowest BCUT2D eigenvalue weighted by atomic mass is 9.93. The van der Waals surface area contributed by atoms with E-state index < -0.39 is 5.60 Å². The van der Waals surface area contributed by atoms with Gasteiger partial charge in [0.25, 0.3) is 0 Å². The van der Waals surface area contributed by atoms with Crippen molar-refractivity contribution >= 4 is 27.3 Å². The first-order valence-corrected chi connectivity index (χ1v) is 7.28. The van der Waals surface area contributed by atoms with Crippen LogP contribution in [0, 0.1) is 12.7 Å². The summed E-state index contributed by atoms with van der Waals surface area (Å²) in [5.41, 5.74) is 0.861. The highest BCUT2D eigenvalue weighted by Gasteiger charge is 2.27. The van der Waals surface area contributed by atoms with Gasteiger partial charge in [0.05, 0.1) is 0 Å². The molecule has 1 atom stereocenters. The molecule has 4 heteroatoms. The molecule has 1 nitrogen and oxygen atoms in total. The maximum Gasteiger partial charge on any atom is 0.123 e. The van der Waals surface area contributed by atoms with Crippen LogP contribution in [-0.4, -0.2) is 5.11 Å². The summed E-state index contributed by atoms with van der Waals surface area (Å²) in [5.74, 6) is -0.285. The van der Waals surface area contributed by atoms with Crippen molar-refractivity contribution in [1.29, 1.82) is 0 Å². The monoisotopic (exact) mass is 328 g/mol. The molecule has 0 amide bonds. The van der Waals surface area contributed by atoms with Crippen LogP contribution in [0.3, 0.4) is 0 Å². The zero-order valence-corrected chi connectivity index (χ0v) is 12.6. The predicted molar refractivity (Wildman–Crippen MR) is 76.4 cm³/mol. The smallest absolute Gasteiger partial charge is 0.123 e. The molecule has 0 saturated carbocycles. The van der Waals surface area contributed by atoms with Gasteiger partial charge >= 0.3 is 0 Å². The summed E-state index contributed by atoms with van der Waals surface area (Å²) < 4.78 is 14.1. The van der Waals surface area contributed by atoms with Gasteiger partial charge in [0.1, 0.15) is 11.4 Å². The molecule has 1 aromatic carbocycles. The molecule has 0 fully saturated rings. The van der Waals surface area contributed by atoms with E-state index in [4.69, 9.17) is 0 Å². The first-order chi connectivity index (χ1) is 8.40. The molecule has 0 bridgehead atoms. The minimum atomic E-state index is -0.978. The molecule has 0 spiro atoms. The molecular weight excluding hydrogens is 315 g/mol. The number of rotatable bonds is 3. The van der Waals surface area contributed by atoms with Crippen molar-refractivity contribution < 1.29 is 9.50 Å². The van der Waals surface area contributed by atoms with Crippen LogP contribution >= 0.6 is 27.3 Å². The molecule has 2 aromatic rings. The van der Waals surface area contributed by atoms with E-state index in [0.29, 0.717) is 6.42 Å². The van der Waals surface area contributed by atoms with Crippen LogP contribution in [0.1, 0.15) is 22.9 Å². The second-order valence-corrected chi connectivity index (χ2v) is 6.39. The molecule has 1 aromatic heterocycles.